The standard InChI is InChI=1S/C20H26N6/c1-14-22-20(24-23-14)16-9-6-10-18(11-16)21-12-17-13-26(2)25-19(17)15-7-4-3-5-8-15/h6,9-11,13,15,21H,3-5,7-8,12H2,1-2H3,(H,22,23,24). The average molecular weight is 350 g/mol. The van der Waals surface area contributed by atoms with Gasteiger partial charge in [-0.15, -0.1) is 0 Å². The third kappa shape index (κ3) is 3.64. The molecule has 0 unspecified atom stereocenters. The molecular weight excluding hydrogens is 324 g/mol. The Hall–Kier alpha value is -2.63. The number of nitrogens with one attached hydrogen (secondary N) is 2. The van der Waals surface area contributed by atoms with Gasteiger partial charge >= 0.3 is 0 Å². The van der Waals surface area contributed by atoms with E-state index in [1.54, 1.807) is 0 Å². The van der Waals surface area contributed by atoms with Gasteiger partial charge in [-0.25, -0.2) is 4.98 Å². The molecule has 6 nitrogen and oxygen atoms in total. The molecule has 2 heterocycles. The fraction of sp³-hybridized carbons (Fsp3) is 0.450. The molecule has 0 radical (unpaired) electrons. The third-order valence-corrected chi connectivity index (χ3v) is 5.13. The lowest BCUT2D eigenvalue weighted by Crippen LogP contribution is -2.09. The van der Waals surface area contributed by atoms with Crippen molar-refractivity contribution in [2.24, 2.45) is 7.05 Å². The van der Waals surface area contributed by atoms with E-state index in [0.29, 0.717) is 5.92 Å². The normalized spacial score (nSPS) is 15.3. The maximum Gasteiger partial charge on any atom is 0.181 e. The molecule has 1 aliphatic rings. The molecular formula is C20H26N6. The Bertz CT molecular complexity index is 872. The highest BCUT2D eigenvalue weighted by Crippen LogP contribution is 2.33. The van der Waals surface area contributed by atoms with Gasteiger partial charge < -0.3 is 5.32 Å². The lowest BCUT2D eigenvalue weighted by molar-refractivity contribution is 0.432. The van der Waals surface area contributed by atoms with Gasteiger partial charge in [0.1, 0.15) is 5.82 Å². The molecule has 6 heteroatoms. The van der Waals surface area contributed by atoms with Crippen molar-refractivity contribution in [2.75, 3.05) is 5.32 Å². The van der Waals surface area contributed by atoms with E-state index in [1.165, 1.54) is 43.4 Å². The van der Waals surface area contributed by atoms with Crippen LogP contribution in [-0.2, 0) is 13.6 Å². The van der Waals surface area contributed by atoms with Crippen LogP contribution in [0.2, 0.25) is 0 Å². The molecule has 1 aromatic carbocycles. The lowest BCUT2D eigenvalue weighted by atomic mass is 9.85. The van der Waals surface area contributed by atoms with Crippen LogP contribution >= 0.6 is 0 Å². The quantitative estimate of drug-likeness (QED) is 0.724. The van der Waals surface area contributed by atoms with Crippen molar-refractivity contribution in [3.8, 4) is 11.4 Å². The Labute approximate surface area is 154 Å². The van der Waals surface area contributed by atoms with E-state index >= 15 is 0 Å². The van der Waals surface area contributed by atoms with Crippen molar-refractivity contribution >= 4 is 5.69 Å². The minimum absolute atomic E-state index is 0.615. The average Bonchev–Trinajstić information content (AvgIpc) is 3.26. The number of aryl methyl sites for hydroxylation is 2. The third-order valence-electron chi connectivity index (χ3n) is 5.13. The predicted molar refractivity (Wildman–Crippen MR) is 103 cm³/mol. The zero-order chi connectivity index (χ0) is 17.9. The van der Waals surface area contributed by atoms with E-state index < -0.39 is 0 Å². The Morgan fingerprint density at radius 2 is 2.08 bits per heavy atom. The molecule has 3 aromatic rings. The fourth-order valence-electron chi connectivity index (χ4n) is 3.85. The minimum Gasteiger partial charge on any atom is -0.381 e. The molecule has 0 aliphatic heterocycles. The van der Waals surface area contributed by atoms with Crippen molar-refractivity contribution in [3.05, 3.63) is 47.5 Å². The van der Waals surface area contributed by atoms with Gasteiger partial charge in [0.25, 0.3) is 0 Å². The van der Waals surface area contributed by atoms with E-state index in [9.17, 15) is 0 Å². The van der Waals surface area contributed by atoms with Gasteiger partial charge in [-0.05, 0) is 31.9 Å². The molecule has 0 spiro atoms. The van der Waals surface area contributed by atoms with Crippen molar-refractivity contribution in [3.63, 3.8) is 0 Å². The van der Waals surface area contributed by atoms with Crippen molar-refractivity contribution in [1.29, 1.82) is 0 Å². The number of benzene rings is 1. The topological polar surface area (TPSA) is 71.4 Å². The second-order valence-electron chi connectivity index (χ2n) is 7.23. The Balaban J connectivity index is 1.49. The first kappa shape index (κ1) is 16.8. The van der Waals surface area contributed by atoms with Gasteiger partial charge in [0.15, 0.2) is 5.82 Å². The molecule has 0 saturated heterocycles. The van der Waals surface area contributed by atoms with Crippen LogP contribution < -0.4 is 5.32 Å². The molecule has 136 valence electrons. The van der Waals surface area contributed by atoms with Crippen molar-refractivity contribution in [1.82, 2.24) is 25.0 Å². The van der Waals surface area contributed by atoms with Crippen LogP contribution in [0, 0.1) is 6.92 Å². The van der Waals surface area contributed by atoms with Gasteiger partial charge in [0.05, 0.1) is 5.69 Å². The van der Waals surface area contributed by atoms with Crippen molar-refractivity contribution < 1.29 is 0 Å². The van der Waals surface area contributed by atoms with E-state index in [-0.39, 0.29) is 0 Å². The van der Waals surface area contributed by atoms with Crippen LogP contribution in [0.4, 0.5) is 5.69 Å². The van der Waals surface area contributed by atoms with Crippen LogP contribution in [0.3, 0.4) is 0 Å². The molecule has 0 amide bonds. The number of hydrogen-bond donors (Lipinski definition) is 2. The Morgan fingerprint density at radius 1 is 1.23 bits per heavy atom. The Morgan fingerprint density at radius 3 is 2.85 bits per heavy atom. The first-order chi connectivity index (χ1) is 12.7. The van der Waals surface area contributed by atoms with Crippen LogP contribution in [0.5, 0.6) is 0 Å². The molecule has 2 aromatic heterocycles. The van der Waals surface area contributed by atoms with Crippen LogP contribution in [0.15, 0.2) is 30.5 Å². The number of aromatic nitrogens is 5. The highest BCUT2D eigenvalue weighted by Gasteiger charge is 2.21. The number of H-pyrrole nitrogens is 1. The van der Waals surface area contributed by atoms with Gasteiger partial charge in [-0.3, -0.25) is 9.78 Å². The van der Waals surface area contributed by atoms with Crippen LogP contribution in [-0.4, -0.2) is 25.0 Å². The molecule has 1 saturated carbocycles. The molecule has 4 rings (SSSR count). The largest absolute Gasteiger partial charge is 0.381 e. The molecule has 1 aliphatic carbocycles. The summed E-state index contributed by atoms with van der Waals surface area (Å²) in [6, 6.07) is 8.25. The van der Waals surface area contributed by atoms with E-state index in [0.717, 1.165) is 29.4 Å². The van der Waals surface area contributed by atoms with Gasteiger partial charge in [0.2, 0.25) is 0 Å². The number of hydrogen-bond acceptors (Lipinski definition) is 4. The molecule has 0 bridgehead atoms. The maximum absolute atomic E-state index is 4.77. The first-order valence-corrected chi connectivity index (χ1v) is 9.45. The SMILES string of the molecule is Cc1nc(-c2cccc(NCc3cn(C)nc3C3CCCCC3)c2)n[nH]1. The second-order valence-corrected chi connectivity index (χ2v) is 7.23. The van der Waals surface area contributed by atoms with Gasteiger partial charge in [-0.1, -0.05) is 31.4 Å². The molecule has 2 N–H and O–H groups in total. The number of anilines is 1. The number of rotatable bonds is 5. The summed E-state index contributed by atoms with van der Waals surface area (Å²) in [6.45, 7) is 2.70. The maximum atomic E-state index is 4.77. The summed E-state index contributed by atoms with van der Waals surface area (Å²) in [4.78, 5) is 4.41. The predicted octanol–water partition coefficient (Wildman–Crippen LogP) is 4.17. The summed E-state index contributed by atoms with van der Waals surface area (Å²) in [5, 5.41) is 15.5. The smallest absolute Gasteiger partial charge is 0.181 e. The van der Waals surface area contributed by atoms with Crippen LogP contribution in [0.25, 0.3) is 11.4 Å². The summed E-state index contributed by atoms with van der Waals surface area (Å²) in [7, 11) is 2.02. The van der Waals surface area contributed by atoms with E-state index in [4.69, 9.17) is 5.10 Å². The summed E-state index contributed by atoms with van der Waals surface area (Å²) >= 11 is 0. The highest BCUT2D eigenvalue weighted by molar-refractivity contribution is 5.62. The minimum atomic E-state index is 0.615. The lowest BCUT2D eigenvalue weighted by Gasteiger charge is -2.21. The van der Waals surface area contributed by atoms with Gasteiger partial charge in [0, 0.05) is 42.5 Å². The number of aromatic amines is 1. The summed E-state index contributed by atoms with van der Waals surface area (Å²) in [5.74, 6) is 2.17. The summed E-state index contributed by atoms with van der Waals surface area (Å²) in [5.41, 5.74) is 4.67. The summed E-state index contributed by atoms with van der Waals surface area (Å²) in [6.07, 6.45) is 8.70. The van der Waals surface area contributed by atoms with Crippen LogP contribution in [0.1, 0.15) is 55.1 Å². The van der Waals surface area contributed by atoms with E-state index in [1.807, 2.05) is 30.8 Å². The fourth-order valence-corrected chi connectivity index (χ4v) is 3.85. The monoisotopic (exact) mass is 350 g/mol. The Kier molecular flexibility index (Phi) is 4.73. The van der Waals surface area contributed by atoms with E-state index in [2.05, 4.69) is 38.8 Å². The summed E-state index contributed by atoms with van der Waals surface area (Å²) < 4.78 is 1.95. The molecule has 26 heavy (non-hydrogen) atoms. The first-order valence-electron chi connectivity index (χ1n) is 9.45. The zero-order valence-corrected chi connectivity index (χ0v) is 15.5. The molecule has 1 fully saturated rings. The second kappa shape index (κ2) is 7.32. The van der Waals surface area contributed by atoms with Gasteiger partial charge in [-0.2, -0.15) is 10.2 Å². The molecule has 0 atom stereocenters. The zero-order valence-electron chi connectivity index (χ0n) is 15.5. The highest BCUT2D eigenvalue weighted by atomic mass is 15.3. The number of nitrogens with zero attached hydrogens (tertiary/aromatic N) is 4. The van der Waals surface area contributed by atoms with Crippen molar-refractivity contribution in [2.45, 2.75) is 51.5 Å².